The molecular weight excluding hydrogens is 418 g/mol. The second-order valence-electron chi connectivity index (χ2n) is 8.76. The molecule has 0 radical (unpaired) electrons. The zero-order chi connectivity index (χ0) is 22.8. The zero-order valence-corrected chi connectivity index (χ0v) is 18.9. The summed E-state index contributed by atoms with van der Waals surface area (Å²) >= 11 is 0. The number of hydrogen-bond acceptors (Lipinski definition) is 6. The smallest absolute Gasteiger partial charge is 0.261 e. The molecule has 3 heterocycles. The molecule has 0 saturated carbocycles. The highest BCUT2D eigenvalue weighted by Crippen LogP contribution is 2.25. The summed E-state index contributed by atoms with van der Waals surface area (Å²) in [4.78, 5) is 35.0. The molecule has 2 aliphatic rings. The summed E-state index contributed by atoms with van der Waals surface area (Å²) in [7, 11) is 2.14. The number of para-hydroxylation sites is 2. The van der Waals surface area contributed by atoms with E-state index in [1.165, 1.54) is 0 Å². The van der Waals surface area contributed by atoms with Crippen LogP contribution in [-0.2, 0) is 13.0 Å². The van der Waals surface area contributed by atoms with E-state index in [0.29, 0.717) is 41.1 Å². The number of likely N-dealkylation sites (N-methyl/N-ethyl adjacent to an activating group) is 1. The maximum Gasteiger partial charge on any atom is 0.261 e. The van der Waals surface area contributed by atoms with Crippen LogP contribution in [0.25, 0.3) is 10.9 Å². The number of nitrogens with zero attached hydrogens (tertiary/aromatic N) is 4. The fourth-order valence-corrected chi connectivity index (χ4v) is 4.47. The molecule has 0 unspecified atom stereocenters. The molecule has 2 aliphatic heterocycles. The Balaban J connectivity index is 1.27. The van der Waals surface area contributed by atoms with E-state index in [9.17, 15) is 9.59 Å². The van der Waals surface area contributed by atoms with E-state index < -0.39 is 0 Å². The molecule has 1 N–H and O–H groups in total. The first kappa shape index (κ1) is 21.6. The van der Waals surface area contributed by atoms with Crippen LogP contribution >= 0.6 is 0 Å². The predicted molar refractivity (Wildman–Crippen MR) is 128 cm³/mol. The molecule has 8 heteroatoms. The molecule has 0 bridgehead atoms. The molecule has 33 heavy (non-hydrogen) atoms. The summed E-state index contributed by atoms with van der Waals surface area (Å²) in [5.74, 6) is 1.19. The number of fused-ring (bicyclic) bond motifs is 2. The first-order valence-corrected chi connectivity index (χ1v) is 11.6. The topological polar surface area (TPSA) is 79.7 Å². The number of amides is 1. The van der Waals surface area contributed by atoms with Crippen LogP contribution < -0.4 is 15.6 Å². The monoisotopic (exact) mass is 447 g/mol. The Bertz CT molecular complexity index is 1230. The molecular formula is C25H29N5O3. The van der Waals surface area contributed by atoms with Crippen molar-refractivity contribution in [3.05, 3.63) is 64.2 Å². The Hall–Kier alpha value is -3.23. The third-order valence-electron chi connectivity index (χ3n) is 6.47. The van der Waals surface area contributed by atoms with Crippen LogP contribution in [0.2, 0.25) is 0 Å². The van der Waals surface area contributed by atoms with Crippen LogP contribution in [0, 0.1) is 0 Å². The molecule has 1 fully saturated rings. The van der Waals surface area contributed by atoms with Gasteiger partial charge in [-0.1, -0.05) is 12.1 Å². The molecule has 5 rings (SSSR count). The van der Waals surface area contributed by atoms with E-state index in [-0.39, 0.29) is 11.5 Å². The third-order valence-corrected chi connectivity index (χ3v) is 6.47. The maximum atomic E-state index is 13.0. The second kappa shape index (κ2) is 9.33. The summed E-state index contributed by atoms with van der Waals surface area (Å²) in [5, 5.41) is 3.50. The van der Waals surface area contributed by atoms with Crippen molar-refractivity contribution >= 4 is 22.5 Å². The van der Waals surface area contributed by atoms with Crippen LogP contribution in [0.5, 0.6) is 5.75 Å². The maximum absolute atomic E-state index is 13.0. The fraction of sp³-hybridized carbons (Fsp3) is 0.400. The largest absolute Gasteiger partial charge is 0.490 e. The van der Waals surface area contributed by atoms with Crippen molar-refractivity contribution in [3.63, 3.8) is 0 Å². The van der Waals surface area contributed by atoms with E-state index in [4.69, 9.17) is 4.74 Å². The number of aromatic nitrogens is 2. The van der Waals surface area contributed by atoms with Gasteiger partial charge in [0, 0.05) is 51.3 Å². The van der Waals surface area contributed by atoms with Gasteiger partial charge in [-0.25, -0.2) is 4.98 Å². The summed E-state index contributed by atoms with van der Waals surface area (Å²) in [6.45, 7) is 6.36. The van der Waals surface area contributed by atoms with Crippen molar-refractivity contribution in [1.29, 1.82) is 0 Å². The van der Waals surface area contributed by atoms with E-state index >= 15 is 0 Å². The van der Waals surface area contributed by atoms with Crippen molar-refractivity contribution in [2.45, 2.75) is 19.4 Å². The highest BCUT2D eigenvalue weighted by molar-refractivity contribution is 6.06. The first-order chi connectivity index (χ1) is 16.1. The zero-order valence-electron chi connectivity index (χ0n) is 18.9. The van der Waals surface area contributed by atoms with Gasteiger partial charge in [0.1, 0.15) is 18.2 Å². The van der Waals surface area contributed by atoms with Crippen molar-refractivity contribution in [1.82, 2.24) is 19.4 Å². The number of ether oxygens (including phenoxy) is 1. The van der Waals surface area contributed by atoms with Crippen LogP contribution in [0.1, 0.15) is 22.6 Å². The Labute approximate surface area is 192 Å². The Morgan fingerprint density at radius 2 is 1.91 bits per heavy atom. The van der Waals surface area contributed by atoms with Crippen molar-refractivity contribution in [2.24, 2.45) is 0 Å². The molecule has 0 spiro atoms. The summed E-state index contributed by atoms with van der Waals surface area (Å²) in [6, 6.07) is 12.5. The number of hydrogen-bond donors (Lipinski definition) is 1. The number of piperazine rings is 1. The first-order valence-electron chi connectivity index (χ1n) is 11.6. The number of carbonyl (C=O) groups excluding carboxylic acids is 1. The number of rotatable bonds is 6. The van der Waals surface area contributed by atoms with Gasteiger partial charge in [0.25, 0.3) is 11.5 Å². The Kier molecular flexibility index (Phi) is 6.11. The van der Waals surface area contributed by atoms with Gasteiger partial charge in [0.2, 0.25) is 0 Å². The minimum Gasteiger partial charge on any atom is -0.490 e. The molecule has 0 aliphatic carbocycles. The number of carbonyl (C=O) groups is 1. The molecule has 2 aromatic carbocycles. The van der Waals surface area contributed by atoms with Crippen molar-refractivity contribution in [3.8, 4) is 5.75 Å². The van der Waals surface area contributed by atoms with E-state index in [2.05, 4.69) is 27.1 Å². The lowest BCUT2D eigenvalue weighted by Crippen LogP contribution is -2.45. The van der Waals surface area contributed by atoms with E-state index in [1.54, 1.807) is 22.8 Å². The minimum absolute atomic E-state index is 0.0291. The van der Waals surface area contributed by atoms with Gasteiger partial charge in [0.05, 0.1) is 16.6 Å². The summed E-state index contributed by atoms with van der Waals surface area (Å²) in [6.07, 6.45) is 1.72. The van der Waals surface area contributed by atoms with Gasteiger partial charge in [-0.2, -0.15) is 0 Å². The molecule has 1 aromatic heterocycles. The van der Waals surface area contributed by atoms with Gasteiger partial charge >= 0.3 is 0 Å². The fourth-order valence-electron chi connectivity index (χ4n) is 4.47. The summed E-state index contributed by atoms with van der Waals surface area (Å²) in [5.41, 5.74) is 1.63. The molecule has 3 aromatic rings. The lowest BCUT2D eigenvalue weighted by atomic mass is 10.1. The Morgan fingerprint density at radius 1 is 1.09 bits per heavy atom. The number of aryl methyl sites for hydroxylation is 1. The van der Waals surface area contributed by atoms with Crippen LogP contribution in [0.3, 0.4) is 0 Å². The number of anilines is 1. The van der Waals surface area contributed by atoms with Crippen LogP contribution in [0.4, 0.5) is 5.69 Å². The quantitative estimate of drug-likeness (QED) is 0.624. The molecule has 172 valence electrons. The van der Waals surface area contributed by atoms with Gasteiger partial charge in [-0.15, -0.1) is 0 Å². The van der Waals surface area contributed by atoms with Gasteiger partial charge < -0.3 is 15.0 Å². The standard InChI is InChI=1S/C25H29N5O3/c1-28-11-13-29(14-12-28)15-16-33-22-6-3-2-5-20(22)27-24(31)18-8-9-19-21(17-18)26-23-7-4-10-30(23)25(19)32/h2-3,5-6,8-9,17H,4,7,10-16H2,1H3,(H,27,31). The van der Waals surface area contributed by atoms with Gasteiger partial charge in [-0.05, 0) is 43.8 Å². The van der Waals surface area contributed by atoms with Crippen LogP contribution in [0.15, 0.2) is 47.3 Å². The van der Waals surface area contributed by atoms with Crippen molar-refractivity contribution in [2.75, 3.05) is 51.7 Å². The minimum atomic E-state index is -0.255. The third kappa shape index (κ3) is 4.62. The molecule has 0 atom stereocenters. The van der Waals surface area contributed by atoms with Gasteiger partial charge in [0.15, 0.2) is 0 Å². The molecule has 1 saturated heterocycles. The molecule has 8 nitrogen and oxygen atoms in total. The van der Waals surface area contributed by atoms with E-state index in [1.807, 2.05) is 24.3 Å². The lowest BCUT2D eigenvalue weighted by Gasteiger charge is -2.32. The average Bonchev–Trinajstić information content (AvgIpc) is 3.30. The van der Waals surface area contributed by atoms with Gasteiger partial charge in [-0.3, -0.25) is 19.1 Å². The Morgan fingerprint density at radius 3 is 2.76 bits per heavy atom. The summed E-state index contributed by atoms with van der Waals surface area (Å²) < 4.78 is 7.75. The normalized spacial score (nSPS) is 16.6. The van der Waals surface area contributed by atoms with Crippen molar-refractivity contribution < 1.29 is 9.53 Å². The number of nitrogens with one attached hydrogen (secondary N) is 1. The highest BCUT2D eigenvalue weighted by Gasteiger charge is 2.18. The SMILES string of the molecule is CN1CCN(CCOc2ccccc2NC(=O)c2ccc3c(=O)n4c(nc3c2)CCC4)CC1. The molecule has 1 amide bonds. The average molecular weight is 448 g/mol. The predicted octanol–water partition coefficient (Wildman–Crippen LogP) is 2.22. The lowest BCUT2D eigenvalue weighted by molar-refractivity contribution is 0.102. The number of benzene rings is 2. The second-order valence-corrected chi connectivity index (χ2v) is 8.76. The highest BCUT2D eigenvalue weighted by atomic mass is 16.5. The van der Waals surface area contributed by atoms with Crippen LogP contribution in [-0.4, -0.2) is 71.6 Å². The van der Waals surface area contributed by atoms with E-state index in [0.717, 1.165) is 51.4 Å².